The first-order valence-electron chi connectivity index (χ1n) is 10.8. The van der Waals surface area contributed by atoms with E-state index in [1.165, 1.54) is 6.07 Å². The summed E-state index contributed by atoms with van der Waals surface area (Å²) in [5.74, 6) is -0.204. The molecule has 7 heteroatoms. The predicted octanol–water partition coefficient (Wildman–Crippen LogP) is 4.47. The van der Waals surface area contributed by atoms with Crippen molar-refractivity contribution in [3.05, 3.63) is 70.7 Å². The number of piperidine rings is 1. The van der Waals surface area contributed by atoms with Gasteiger partial charge in [0.1, 0.15) is 17.2 Å². The highest BCUT2D eigenvalue weighted by Crippen LogP contribution is 2.40. The third-order valence-electron chi connectivity index (χ3n) is 6.68. The fraction of sp³-hybridized carbons (Fsp3) is 0.320. The third-order valence-corrected chi connectivity index (χ3v) is 6.68. The molecule has 6 nitrogen and oxygen atoms in total. The second-order valence-corrected chi connectivity index (χ2v) is 8.77. The van der Waals surface area contributed by atoms with Gasteiger partial charge in [-0.1, -0.05) is 0 Å². The van der Waals surface area contributed by atoms with Crippen molar-refractivity contribution in [2.24, 2.45) is 0 Å². The zero-order chi connectivity index (χ0) is 22.5. The zero-order valence-corrected chi connectivity index (χ0v) is 18.1. The summed E-state index contributed by atoms with van der Waals surface area (Å²) in [6, 6.07) is 10.1. The number of hydrogen-bond donors (Lipinski definition) is 1. The number of aryl methyl sites for hydroxylation is 2. The molecule has 3 heterocycles. The highest BCUT2D eigenvalue weighted by Gasteiger charge is 2.44. The van der Waals surface area contributed by atoms with Gasteiger partial charge in [0.05, 0.1) is 23.2 Å². The lowest BCUT2D eigenvalue weighted by Crippen LogP contribution is -2.52. The first-order valence-corrected chi connectivity index (χ1v) is 10.8. The molecular formula is C25H24FN3O3. The Morgan fingerprint density at radius 2 is 1.88 bits per heavy atom. The van der Waals surface area contributed by atoms with Gasteiger partial charge in [0.25, 0.3) is 5.91 Å². The topological polar surface area (TPSA) is 75.3 Å². The van der Waals surface area contributed by atoms with Crippen LogP contribution in [0.2, 0.25) is 0 Å². The largest absolute Gasteiger partial charge is 0.486 e. The molecule has 1 aromatic heterocycles. The Morgan fingerprint density at radius 1 is 1.12 bits per heavy atom. The first-order chi connectivity index (χ1) is 15.3. The molecule has 0 saturated carbocycles. The number of halogens is 1. The lowest BCUT2D eigenvalue weighted by atomic mass is 9.81. The second-order valence-electron chi connectivity index (χ2n) is 8.77. The summed E-state index contributed by atoms with van der Waals surface area (Å²) in [5, 5.41) is 6.74. The molecule has 3 aromatic rings. The van der Waals surface area contributed by atoms with E-state index in [0.29, 0.717) is 49.2 Å². The smallest absolute Gasteiger partial charge is 0.256 e. The minimum Gasteiger partial charge on any atom is -0.486 e. The molecular weight excluding hydrogens is 409 g/mol. The molecule has 0 unspecified atom stereocenters. The molecule has 2 aromatic carbocycles. The molecule has 1 N–H and O–H groups in total. The van der Waals surface area contributed by atoms with Gasteiger partial charge in [0.15, 0.2) is 5.78 Å². The van der Waals surface area contributed by atoms with Gasteiger partial charge in [-0.25, -0.2) is 4.39 Å². The van der Waals surface area contributed by atoms with E-state index in [2.05, 4.69) is 10.2 Å². The number of ether oxygens (including phenoxy) is 1. The van der Waals surface area contributed by atoms with E-state index in [-0.39, 0.29) is 17.3 Å². The molecule has 2 aliphatic heterocycles. The van der Waals surface area contributed by atoms with Crippen LogP contribution in [0.15, 0.2) is 42.6 Å². The van der Waals surface area contributed by atoms with Crippen molar-refractivity contribution < 1.29 is 18.7 Å². The van der Waals surface area contributed by atoms with Crippen LogP contribution in [-0.4, -0.2) is 45.5 Å². The van der Waals surface area contributed by atoms with E-state index < -0.39 is 11.4 Å². The Bertz CT molecular complexity index is 1210. The summed E-state index contributed by atoms with van der Waals surface area (Å²) in [6.45, 7) is 4.79. The first kappa shape index (κ1) is 20.4. The van der Waals surface area contributed by atoms with E-state index in [1.807, 2.05) is 26.0 Å². The summed E-state index contributed by atoms with van der Waals surface area (Å²) in [4.78, 5) is 27.6. The number of H-pyrrole nitrogens is 1. The fourth-order valence-corrected chi connectivity index (χ4v) is 4.59. The number of rotatable bonds is 2. The van der Waals surface area contributed by atoms with Gasteiger partial charge in [0.2, 0.25) is 0 Å². The number of carbonyl (C=O) groups is 2. The van der Waals surface area contributed by atoms with Gasteiger partial charge >= 0.3 is 0 Å². The van der Waals surface area contributed by atoms with E-state index in [1.54, 1.807) is 29.3 Å². The van der Waals surface area contributed by atoms with E-state index in [4.69, 9.17) is 4.74 Å². The number of ketones is 1. The van der Waals surface area contributed by atoms with Crippen LogP contribution in [0.5, 0.6) is 5.75 Å². The van der Waals surface area contributed by atoms with Crippen LogP contribution < -0.4 is 4.74 Å². The van der Waals surface area contributed by atoms with Gasteiger partial charge in [0, 0.05) is 37.7 Å². The van der Waals surface area contributed by atoms with E-state index >= 15 is 0 Å². The maximum atomic E-state index is 14.5. The lowest BCUT2D eigenvalue weighted by molar-refractivity contribution is -0.00584. The number of hydrogen-bond acceptors (Lipinski definition) is 4. The summed E-state index contributed by atoms with van der Waals surface area (Å²) < 4.78 is 20.9. The van der Waals surface area contributed by atoms with Crippen molar-refractivity contribution in [2.45, 2.75) is 38.7 Å². The maximum Gasteiger partial charge on any atom is 0.256 e. The van der Waals surface area contributed by atoms with E-state index in [0.717, 1.165) is 16.8 Å². The number of nitrogens with one attached hydrogen (secondary N) is 1. The second kappa shape index (κ2) is 7.58. The number of aromatic nitrogens is 2. The summed E-state index contributed by atoms with van der Waals surface area (Å²) >= 11 is 0. The van der Waals surface area contributed by atoms with E-state index in [9.17, 15) is 14.0 Å². The summed E-state index contributed by atoms with van der Waals surface area (Å²) in [6.07, 6.45) is 2.96. The van der Waals surface area contributed by atoms with Crippen LogP contribution in [0.1, 0.15) is 51.1 Å². The molecule has 2 aliphatic rings. The van der Waals surface area contributed by atoms with Gasteiger partial charge in [-0.2, -0.15) is 5.10 Å². The minimum absolute atomic E-state index is 0.0325. The molecule has 0 radical (unpaired) electrons. The molecule has 1 fully saturated rings. The van der Waals surface area contributed by atoms with Crippen LogP contribution in [0.4, 0.5) is 4.39 Å². The van der Waals surface area contributed by atoms with Crippen LogP contribution in [0.3, 0.4) is 0 Å². The van der Waals surface area contributed by atoms with Crippen molar-refractivity contribution in [3.8, 4) is 17.0 Å². The quantitative estimate of drug-likeness (QED) is 0.647. The number of likely N-dealkylation sites (tertiary alicyclic amines) is 1. The number of nitrogens with zero attached hydrogens (tertiary/aromatic N) is 2. The number of aromatic amines is 1. The molecule has 1 spiro atoms. The fourth-order valence-electron chi connectivity index (χ4n) is 4.59. The van der Waals surface area contributed by atoms with Crippen LogP contribution in [0, 0.1) is 19.7 Å². The maximum absolute atomic E-state index is 14.5. The third kappa shape index (κ3) is 3.47. The zero-order valence-electron chi connectivity index (χ0n) is 18.1. The lowest BCUT2D eigenvalue weighted by Gasteiger charge is -2.44. The molecule has 32 heavy (non-hydrogen) atoms. The Hall–Kier alpha value is -3.48. The number of fused-ring (bicyclic) bond motifs is 1. The molecule has 0 bridgehead atoms. The summed E-state index contributed by atoms with van der Waals surface area (Å²) in [5.41, 5.74) is 3.61. The van der Waals surface area contributed by atoms with Gasteiger partial charge in [-0.15, -0.1) is 0 Å². The number of carbonyl (C=O) groups excluding carboxylic acids is 2. The summed E-state index contributed by atoms with van der Waals surface area (Å²) in [7, 11) is 0. The van der Waals surface area contributed by atoms with Gasteiger partial charge in [-0.05, 0) is 61.4 Å². The Morgan fingerprint density at radius 3 is 2.59 bits per heavy atom. The Labute approximate surface area is 185 Å². The average Bonchev–Trinajstić information content (AvgIpc) is 3.31. The SMILES string of the molecule is Cc1cc2c(cc1C)C(=O)CC1(CCN(C(=O)c3cc(-c4ccn[nH]4)ccc3F)CC1)O2. The Balaban J connectivity index is 1.34. The van der Waals surface area contributed by atoms with Crippen LogP contribution in [0.25, 0.3) is 11.3 Å². The molecule has 1 amide bonds. The molecule has 0 atom stereocenters. The molecule has 1 saturated heterocycles. The number of benzene rings is 2. The van der Waals surface area contributed by atoms with Crippen molar-refractivity contribution in [2.75, 3.05) is 13.1 Å². The Kier molecular flexibility index (Phi) is 4.84. The predicted molar refractivity (Wildman–Crippen MR) is 117 cm³/mol. The molecule has 5 rings (SSSR count). The minimum atomic E-state index is -0.612. The standard InChI is InChI=1S/C25H24FN3O3/c1-15-11-19-22(30)14-25(32-23(19)12-16(15)2)6-9-29(10-7-25)24(31)18-13-17(3-4-20(18)26)21-5-8-27-28-21/h3-5,8,11-13H,6-7,9-10,14H2,1-2H3,(H,27,28). The number of amides is 1. The average molecular weight is 433 g/mol. The van der Waals surface area contributed by atoms with Crippen LogP contribution >= 0.6 is 0 Å². The van der Waals surface area contributed by atoms with Gasteiger partial charge in [-0.3, -0.25) is 14.7 Å². The monoisotopic (exact) mass is 433 g/mol. The highest BCUT2D eigenvalue weighted by molar-refractivity contribution is 6.01. The van der Waals surface area contributed by atoms with Crippen molar-refractivity contribution >= 4 is 11.7 Å². The number of Topliss-reactive ketones (excluding diaryl/α,β-unsaturated/α-hetero) is 1. The van der Waals surface area contributed by atoms with Crippen molar-refractivity contribution in [1.29, 1.82) is 0 Å². The van der Waals surface area contributed by atoms with Crippen molar-refractivity contribution in [3.63, 3.8) is 0 Å². The highest BCUT2D eigenvalue weighted by atomic mass is 19.1. The van der Waals surface area contributed by atoms with Crippen molar-refractivity contribution in [1.82, 2.24) is 15.1 Å². The van der Waals surface area contributed by atoms with Crippen LogP contribution in [-0.2, 0) is 0 Å². The normalized spacial score (nSPS) is 17.2. The molecule has 0 aliphatic carbocycles. The van der Waals surface area contributed by atoms with Gasteiger partial charge < -0.3 is 9.64 Å². The molecule has 164 valence electrons.